The van der Waals surface area contributed by atoms with E-state index in [0.717, 1.165) is 45.7 Å². The Hall–Kier alpha value is -3.00. The zero-order valence-corrected chi connectivity index (χ0v) is 15.0. The molecule has 0 aliphatic heterocycles. The van der Waals surface area contributed by atoms with Gasteiger partial charge in [0.05, 0.1) is 17.0 Å². The fourth-order valence-corrected chi connectivity index (χ4v) is 3.56. The van der Waals surface area contributed by atoms with Crippen molar-refractivity contribution in [1.29, 1.82) is 0 Å². The number of aromatic nitrogens is 3. The summed E-state index contributed by atoms with van der Waals surface area (Å²) in [5.74, 6) is -1.77. The molecule has 136 valence electrons. The van der Waals surface area contributed by atoms with E-state index in [4.69, 9.17) is 0 Å². The van der Waals surface area contributed by atoms with Crippen LogP contribution in [0.2, 0.25) is 0 Å². The molecule has 1 amide bonds. The molecule has 0 unspecified atom stereocenters. The molecule has 2 N–H and O–H groups in total. The molecule has 0 saturated heterocycles. The van der Waals surface area contributed by atoms with Crippen molar-refractivity contribution in [2.24, 2.45) is 0 Å². The van der Waals surface area contributed by atoms with Crippen LogP contribution >= 0.6 is 11.8 Å². The van der Waals surface area contributed by atoms with Gasteiger partial charge in [-0.25, -0.2) is 18.7 Å². The highest BCUT2D eigenvalue weighted by Crippen LogP contribution is 2.30. The summed E-state index contributed by atoms with van der Waals surface area (Å²) in [6.45, 7) is 2.00. The van der Waals surface area contributed by atoms with Gasteiger partial charge in [0.25, 0.3) is 0 Å². The van der Waals surface area contributed by atoms with Crippen molar-refractivity contribution in [3.05, 3.63) is 59.9 Å². The number of benzene rings is 2. The normalized spacial score (nSPS) is 11.2. The SMILES string of the molecule is Cc1ccc2[nH]c3c(SCC(=O)Nc4cc(F)ccc4F)ncnc3c2c1. The largest absolute Gasteiger partial charge is 0.351 e. The van der Waals surface area contributed by atoms with E-state index < -0.39 is 17.5 Å². The van der Waals surface area contributed by atoms with Crippen molar-refractivity contribution in [2.75, 3.05) is 11.1 Å². The lowest BCUT2D eigenvalue weighted by atomic mass is 10.2. The second kappa shape index (κ2) is 6.96. The summed E-state index contributed by atoms with van der Waals surface area (Å²) in [5, 5.41) is 3.98. The summed E-state index contributed by atoms with van der Waals surface area (Å²) < 4.78 is 26.8. The maximum absolute atomic E-state index is 13.6. The van der Waals surface area contributed by atoms with Gasteiger partial charge >= 0.3 is 0 Å². The van der Waals surface area contributed by atoms with Gasteiger partial charge in [-0.05, 0) is 31.2 Å². The molecular weight excluding hydrogens is 370 g/mol. The van der Waals surface area contributed by atoms with Crippen LogP contribution in [0.3, 0.4) is 0 Å². The van der Waals surface area contributed by atoms with Gasteiger partial charge in [0.2, 0.25) is 5.91 Å². The predicted molar refractivity (Wildman–Crippen MR) is 102 cm³/mol. The van der Waals surface area contributed by atoms with Crippen LogP contribution in [0.1, 0.15) is 5.56 Å². The topological polar surface area (TPSA) is 70.7 Å². The number of thioether (sulfide) groups is 1. The Labute approximate surface area is 157 Å². The molecule has 0 atom stereocenters. The standard InChI is InChI=1S/C19H14F2N4OS/c1-10-2-5-14-12(6-10)17-18(25-14)19(23-9-22-17)27-8-16(26)24-15-7-11(20)3-4-13(15)21/h2-7,9,25H,8H2,1H3,(H,24,26). The molecule has 5 nitrogen and oxygen atoms in total. The molecule has 8 heteroatoms. The van der Waals surface area contributed by atoms with Crippen molar-refractivity contribution < 1.29 is 13.6 Å². The number of hydrogen-bond acceptors (Lipinski definition) is 4. The number of aromatic amines is 1. The first-order valence-electron chi connectivity index (χ1n) is 8.12. The Morgan fingerprint density at radius 1 is 1.19 bits per heavy atom. The molecule has 2 aromatic carbocycles. The molecule has 0 aliphatic carbocycles. The van der Waals surface area contributed by atoms with E-state index in [2.05, 4.69) is 20.3 Å². The van der Waals surface area contributed by atoms with Crippen molar-refractivity contribution in [3.8, 4) is 0 Å². The molecule has 2 aromatic heterocycles. The first-order chi connectivity index (χ1) is 13.0. The summed E-state index contributed by atoms with van der Waals surface area (Å²) >= 11 is 1.20. The van der Waals surface area contributed by atoms with Gasteiger partial charge in [-0.3, -0.25) is 4.79 Å². The number of carbonyl (C=O) groups excluding carboxylic acids is 1. The molecule has 0 fully saturated rings. The molecule has 27 heavy (non-hydrogen) atoms. The molecule has 0 spiro atoms. The second-order valence-corrected chi connectivity index (χ2v) is 7.00. The highest BCUT2D eigenvalue weighted by Gasteiger charge is 2.14. The Kier molecular flexibility index (Phi) is 4.49. The van der Waals surface area contributed by atoms with Crippen LogP contribution in [0.5, 0.6) is 0 Å². The van der Waals surface area contributed by atoms with Gasteiger partial charge in [0, 0.05) is 17.0 Å². The molecule has 0 saturated carbocycles. The summed E-state index contributed by atoms with van der Waals surface area (Å²) in [7, 11) is 0. The quantitative estimate of drug-likeness (QED) is 0.403. The zero-order chi connectivity index (χ0) is 19.0. The minimum absolute atomic E-state index is 0.00351. The third-order valence-electron chi connectivity index (χ3n) is 4.04. The molecule has 4 aromatic rings. The van der Waals surface area contributed by atoms with Crippen LogP contribution in [0, 0.1) is 18.6 Å². The number of amides is 1. The third-order valence-corrected chi connectivity index (χ3v) is 5.03. The van der Waals surface area contributed by atoms with E-state index in [1.54, 1.807) is 0 Å². The number of fused-ring (bicyclic) bond motifs is 3. The second-order valence-electron chi connectivity index (χ2n) is 6.04. The summed E-state index contributed by atoms with van der Waals surface area (Å²) in [4.78, 5) is 24.0. The van der Waals surface area contributed by atoms with Crippen molar-refractivity contribution in [2.45, 2.75) is 11.9 Å². The van der Waals surface area contributed by atoms with Crippen LogP contribution in [-0.2, 0) is 4.79 Å². The fraction of sp³-hybridized carbons (Fsp3) is 0.105. The Balaban J connectivity index is 1.56. The molecule has 0 aliphatic rings. The van der Waals surface area contributed by atoms with E-state index in [-0.39, 0.29) is 11.4 Å². The summed E-state index contributed by atoms with van der Waals surface area (Å²) in [6.07, 6.45) is 1.45. The Bertz CT molecular complexity index is 1180. The molecular formula is C19H14F2N4OS. The lowest BCUT2D eigenvalue weighted by Crippen LogP contribution is -2.15. The molecule has 4 rings (SSSR count). The number of nitrogens with zero attached hydrogens (tertiary/aromatic N) is 2. The Morgan fingerprint density at radius 3 is 2.89 bits per heavy atom. The van der Waals surface area contributed by atoms with Gasteiger partial charge in [-0.2, -0.15) is 0 Å². The van der Waals surface area contributed by atoms with Gasteiger partial charge < -0.3 is 10.3 Å². The van der Waals surface area contributed by atoms with Gasteiger partial charge in [-0.1, -0.05) is 23.4 Å². The van der Waals surface area contributed by atoms with E-state index in [1.807, 2.05) is 25.1 Å². The highest BCUT2D eigenvalue weighted by molar-refractivity contribution is 8.00. The number of H-pyrrole nitrogens is 1. The van der Waals surface area contributed by atoms with Crippen molar-refractivity contribution in [1.82, 2.24) is 15.0 Å². The number of hydrogen-bond donors (Lipinski definition) is 2. The lowest BCUT2D eigenvalue weighted by Gasteiger charge is -2.06. The van der Waals surface area contributed by atoms with Crippen molar-refractivity contribution in [3.63, 3.8) is 0 Å². The van der Waals surface area contributed by atoms with Crippen LogP contribution in [0.4, 0.5) is 14.5 Å². The lowest BCUT2D eigenvalue weighted by molar-refractivity contribution is -0.113. The molecule has 0 bridgehead atoms. The number of anilines is 1. The minimum Gasteiger partial charge on any atom is -0.351 e. The van der Waals surface area contributed by atoms with Crippen LogP contribution in [0.25, 0.3) is 21.9 Å². The maximum Gasteiger partial charge on any atom is 0.234 e. The van der Waals surface area contributed by atoms with E-state index >= 15 is 0 Å². The summed E-state index contributed by atoms with van der Waals surface area (Å²) in [6, 6.07) is 8.92. The average molecular weight is 384 g/mol. The van der Waals surface area contributed by atoms with E-state index in [1.165, 1.54) is 18.1 Å². The summed E-state index contributed by atoms with van der Waals surface area (Å²) in [5.41, 5.74) is 3.39. The van der Waals surface area contributed by atoms with Crippen LogP contribution in [0.15, 0.2) is 47.8 Å². The number of nitrogens with one attached hydrogen (secondary N) is 2. The number of rotatable bonds is 4. The monoisotopic (exact) mass is 384 g/mol. The number of halogens is 2. The molecule has 2 heterocycles. The van der Waals surface area contributed by atoms with E-state index in [0.29, 0.717) is 5.03 Å². The van der Waals surface area contributed by atoms with Gasteiger partial charge in [-0.15, -0.1) is 0 Å². The number of aryl methyl sites for hydroxylation is 1. The zero-order valence-electron chi connectivity index (χ0n) is 14.2. The Morgan fingerprint density at radius 2 is 2.04 bits per heavy atom. The predicted octanol–water partition coefficient (Wildman–Crippen LogP) is 4.43. The van der Waals surface area contributed by atoms with Gasteiger partial charge in [0.1, 0.15) is 28.5 Å². The highest BCUT2D eigenvalue weighted by atomic mass is 32.2. The van der Waals surface area contributed by atoms with Gasteiger partial charge in [0.15, 0.2) is 0 Å². The van der Waals surface area contributed by atoms with E-state index in [9.17, 15) is 13.6 Å². The average Bonchev–Trinajstić information content (AvgIpc) is 3.01. The van der Waals surface area contributed by atoms with Crippen LogP contribution in [-0.4, -0.2) is 26.6 Å². The van der Waals surface area contributed by atoms with Crippen molar-refractivity contribution >= 4 is 45.3 Å². The minimum atomic E-state index is -0.690. The van der Waals surface area contributed by atoms with Crippen LogP contribution < -0.4 is 5.32 Å². The first-order valence-corrected chi connectivity index (χ1v) is 9.10. The first kappa shape index (κ1) is 17.4. The molecule has 0 radical (unpaired) electrons. The third kappa shape index (κ3) is 3.48. The number of carbonyl (C=O) groups is 1. The fourth-order valence-electron chi connectivity index (χ4n) is 2.81. The maximum atomic E-state index is 13.6. The smallest absolute Gasteiger partial charge is 0.234 e.